The van der Waals surface area contributed by atoms with Crippen LogP contribution in [0.5, 0.6) is 0 Å². The van der Waals surface area contributed by atoms with E-state index in [9.17, 15) is 17.6 Å². The molecule has 0 radical (unpaired) electrons. The molecule has 0 saturated carbocycles. The maximum atomic E-state index is 14.0. The highest BCUT2D eigenvalue weighted by molar-refractivity contribution is 7.10. The molecule has 3 rings (SSSR count). The number of alkyl halides is 3. The topological polar surface area (TPSA) is 15.3 Å². The first kappa shape index (κ1) is 19.2. The van der Waals surface area contributed by atoms with Crippen LogP contribution < -0.4 is 5.32 Å². The Morgan fingerprint density at radius 3 is 2.38 bits per heavy atom. The number of nitrogens with zero attached hydrogens (tertiary/aromatic N) is 1. The number of hydrogen-bond acceptors (Lipinski definition) is 3. The van der Waals surface area contributed by atoms with Gasteiger partial charge in [0, 0.05) is 31.1 Å². The van der Waals surface area contributed by atoms with Gasteiger partial charge >= 0.3 is 6.18 Å². The van der Waals surface area contributed by atoms with E-state index < -0.39 is 17.6 Å². The number of thiophene rings is 1. The lowest BCUT2D eigenvalue weighted by atomic mass is 10.0. The maximum absolute atomic E-state index is 14.0. The van der Waals surface area contributed by atoms with Crippen molar-refractivity contribution >= 4 is 23.7 Å². The molecule has 1 N–H and O–H groups in total. The summed E-state index contributed by atoms with van der Waals surface area (Å²) in [5, 5.41) is 5.17. The van der Waals surface area contributed by atoms with Crippen LogP contribution in [0.4, 0.5) is 17.6 Å². The van der Waals surface area contributed by atoms with Crippen LogP contribution in [0.15, 0.2) is 35.7 Å². The second-order valence-corrected chi connectivity index (χ2v) is 6.42. The molecule has 2 heterocycles. The predicted octanol–water partition coefficient (Wildman–Crippen LogP) is 4.32. The van der Waals surface area contributed by atoms with Gasteiger partial charge in [-0.15, -0.1) is 23.7 Å². The van der Waals surface area contributed by atoms with E-state index in [0.717, 1.165) is 43.2 Å². The fourth-order valence-electron chi connectivity index (χ4n) is 2.87. The molecule has 1 aromatic carbocycles. The van der Waals surface area contributed by atoms with Crippen LogP contribution in [0.3, 0.4) is 0 Å². The summed E-state index contributed by atoms with van der Waals surface area (Å²) in [6.07, 6.45) is -4.67. The molecule has 0 bridgehead atoms. The quantitative estimate of drug-likeness (QED) is 0.798. The van der Waals surface area contributed by atoms with Crippen molar-refractivity contribution in [3.05, 3.63) is 57.5 Å². The maximum Gasteiger partial charge on any atom is 0.419 e. The molecule has 24 heavy (non-hydrogen) atoms. The van der Waals surface area contributed by atoms with Crippen LogP contribution in [0.2, 0.25) is 0 Å². The summed E-state index contributed by atoms with van der Waals surface area (Å²) in [5.41, 5.74) is -0.661. The standard InChI is InChI=1S/C16H16F4N2S.ClH/c17-13-10-11(3-4-12(13)16(18,19)20)15(14-2-1-9-23-14)22-7-5-21-6-8-22;/h1-4,9-10,15,21H,5-8H2;1H/t15-;/m1./s1. The molecular weight excluding hydrogens is 364 g/mol. The number of benzene rings is 1. The average molecular weight is 381 g/mol. The first-order valence-electron chi connectivity index (χ1n) is 7.31. The third-order valence-corrected chi connectivity index (χ3v) is 4.87. The number of hydrogen-bond donors (Lipinski definition) is 1. The second kappa shape index (κ2) is 7.82. The van der Waals surface area contributed by atoms with E-state index in [1.807, 2.05) is 17.5 Å². The van der Waals surface area contributed by atoms with Gasteiger partial charge in [0.15, 0.2) is 0 Å². The van der Waals surface area contributed by atoms with Crippen molar-refractivity contribution in [2.75, 3.05) is 26.2 Å². The SMILES string of the molecule is Cl.Fc1cc([C@H](c2cccs2)N2CCNCC2)ccc1C(F)(F)F. The van der Waals surface area contributed by atoms with Crippen molar-refractivity contribution in [1.29, 1.82) is 0 Å². The van der Waals surface area contributed by atoms with E-state index in [-0.39, 0.29) is 18.4 Å². The molecule has 1 aliphatic rings. The van der Waals surface area contributed by atoms with Gasteiger partial charge in [-0.25, -0.2) is 4.39 Å². The van der Waals surface area contributed by atoms with Crippen LogP contribution in [-0.4, -0.2) is 31.1 Å². The minimum absolute atomic E-state index is 0. The van der Waals surface area contributed by atoms with Crippen molar-refractivity contribution in [3.63, 3.8) is 0 Å². The number of halogens is 5. The molecule has 1 atom stereocenters. The van der Waals surface area contributed by atoms with E-state index in [1.54, 1.807) is 0 Å². The molecule has 2 aromatic rings. The summed E-state index contributed by atoms with van der Waals surface area (Å²) >= 11 is 1.53. The first-order valence-corrected chi connectivity index (χ1v) is 8.19. The Labute approximate surface area is 147 Å². The van der Waals surface area contributed by atoms with Crippen molar-refractivity contribution in [1.82, 2.24) is 10.2 Å². The minimum atomic E-state index is -4.67. The lowest BCUT2D eigenvalue weighted by molar-refractivity contribution is -0.140. The van der Waals surface area contributed by atoms with Gasteiger partial charge in [-0.05, 0) is 29.1 Å². The zero-order valence-electron chi connectivity index (χ0n) is 12.6. The molecular formula is C16H17ClF4N2S. The third kappa shape index (κ3) is 4.08. The molecule has 1 saturated heterocycles. The van der Waals surface area contributed by atoms with Crippen molar-refractivity contribution in [2.24, 2.45) is 0 Å². The highest BCUT2D eigenvalue weighted by Crippen LogP contribution is 2.36. The fraction of sp³-hybridized carbons (Fsp3) is 0.375. The van der Waals surface area contributed by atoms with Gasteiger partial charge in [0.2, 0.25) is 0 Å². The van der Waals surface area contributed by atoms with Crippen LogP contribution in [-0.2, 0) is 6.18 Å². The van der Waals surface area contributed by atoms with Gasteiger partial charge in [-0.3, -0.25) is 4.90 Å². The number of nitrogens with one attached hydrogen (secondary N) is 1. The van der Waals surface area contributed by atoms with Gasteiger partial charge in [-0.1, -0.05) is 12.1 Å². The Balaban J connectivity index is 0.00000208. The summed E-state index contributed by atoms with van der Waals surface area (Å²) in [6.45, 7) is 3.16. The zero-order valence-corrected chi connectivity index (χ0v) is 14.3. The second-order valence-electron chi connectivity index (χ2n) is 5.44. The highest BCUT2D eigenvalue weighted by atomic mass is 35.5. The normalized spacial score (nSPS) is 17.3. The third-order valence-electron chi connectivity index (χ3n) is 3.94. The van der Waals surface area contributed by atoms with Gasteiger partial charge in [-0.2, -0.15) is 13.2 Å². The first-order chi connectivity index (χ1) is 11.0. The molecule has 0 unspecified atom stereocenters. The molecule has 1 aliphatic heterocycles. The molecule has 1 aromatic heterocycles. The summed E-state index contributed by atoms with van der Waals surface area (Å²) in [5.74, 6) is -1.22. The fourth-order valence-corrected chi connectivity index (χ4v) is 3.76. The average Bonchev–Trinajstić information content (AvgIpc) is 3.01. The Morgan fingerprint density at radius 2 is 1.83 bits per heavy atom. The van der Waals surface area contributed by atoms with Crippen molar-refractivity contribution < 1.29 is 17.6 Å². The van der Waals surface area contributed by atoms with Gasteiger partial charge in [0.25, 0.3) is 0 Å². The molecule has 0 amide bonds. The smallest absolute Gasteiger partial charge is 0.314 e. The number of piperazine rings is 1. The Bertz CT molecular complexity index is 655. The Kier molecular flexibility index (Phi) is 6.25. The van der Waals surface area contributed by atoms with Crippen LogP contribution in [0.1, 0.15) is 22.0 Å². The molecule has 0 spiro atoms. The largest absolute Gasteiger partial charge is 0.419 e. The zero-order chi connectivity index (χ0) is 16.4. The van der Waals surface area contributed by atoms with Gasteiger partial charge in [0.05, 0.1) is 11.6 Å². The molecule has 2 nitrogen and oxygen atoms in total. The lowest BCUT2D eigenvalue weighted by Crippen LogP contribution is -2.45. The van der Waals surface area contributed by atoms with Crippen molar-refractivity contribution in [2.45, 2.75) is 12.2 Å². The van der Waals surface area contributed by atoms with Gasteiger partial charge < -0.3 is 5.32 Å². The highest BCUT2D eigenvalue weighted by Gasteiger charge is 2.35. The molecule has 0 aliphatic carbocycles. The molecule has 8 heteroatoms. The predicted molar refractivity (Wildman–Crippen MR) is 89.3 cm³/mol. The summed E-state index contributed by atoms with van der Waals surface area (Å²) in [6, 6.07) is 6.87. The van der Waals surface area contributed by atoms with E-state index in [4.69, 9.17) is 0 Å². The lowest BCUT2D eigenvalue weighted by Gasteiger charge is -2.35. The summed E-state index contributed by atoms with van der Waals surface area (Å²) in [7, 11) is 0. The Morgan fingerprint density at radius 1 is 1.12 bits per heavy atom. The summed E-state index contributed by atoms with van der Waals surface area (Å²) in [4.78, 5) is 3.18. The van der Waals surface area contributed by atoms with E-state index in [2.05, 4.69) is 10.2 Å². The van der Waals surface area contributed by atoms with Crippen molar-refractivity contribution in [3.8, 4) is 0 Å². The van der Waals surface area contributed by atoms with Crippen LogP contribution in [0.25, 0.3) is 0 Å². The molecule has 132 valence electrons. The van der Waals surface area contributed by atoms with E-state index >= 15 is 0 Å². The minimum Gasteiger partial charge on any atom is -0.314 e. The van der Waals surface area contributed by atoms with E-state index in [0.29, 0.717) is 5.56 Å². The summed E-state index contributed by atoms with van der Waals surface area (Å²) < 4.78 is 52.2. The monoisotopic (exact) mass is 380 g/mol. The van der Waals surface area contributed by atoms with Crippen LogP contribution >= 0.6 is 23.7 Å². The van der Waals surface area contributed by atoms with Gasteiger partial charge in [0.1, 0.15) is 5.82 Å². The van der Waals surface area contributed by atoms with Crippen LogP contribution in [0, 0.1) is 5.82 Å². The molecule has 1 fully saturated rings. The van der Waals surface area contributed by atoms with E-state index in [1.165, 1.54) is 17.4 Å². The Hall–Kier alpha value is -1.15. The number of rotatable bonds is 3.